The van der Waals surface area contributed by atoms with E-state index in [-0.39, 0.29) is 5.56 Å². The molecular formula is C19H18F2N4O4. The van der Waals surface area contributed by atoms with Gasteiger partial charge in [0.15, 0.2) is 0 Å². The van der Waals surface area contributed by atoms with Crippen LogP contribution in [-0.2, 0) is 22.1 Å². The van der Waals surface area contributed by atoms with Gasteiger partial charge in [0.2, 0.25) is 0 Å². The van der Waals surface area contributed by atoms with E-state index >= 15 is 0 Å². The molecule has 3 rings (SSSR count). The van der Waals surface area contributed by atoms with Gasteiger partial charge in [-0.3, -0.25) is 9.78 Å². The summed E-state index contributed by atoms with van der Waals surface area (Å²) in [5.74, 6) is -5.36. The first kappa shape index (κ1) is 21.5. The minimum absolute atomic E-state index is 0.00122. The Hall–Kier alpha value is -3.82. The van der Waals surface area contributed by atoms with Crippen LogP contribution in [0.4, 0.5) is 8.78 Å². The summed E-state index contributed by atoms with van der Waals surface area (Å²) in [5.41, 5.74) is 2.46. The van der Waals surface area contributed by atoms with Crippen LogP contribution in [0.2, 0.25) is 0 Å². The number of alkyl halides is 2. The molecule has 0 atom stereocenters. The van der Waals surface area contributed by atoms with Gasteiger partial charge in [-0.05, 0) is 17.7 Å². The van der Waals surface area contributed by atoms with E-state index < -0.39 is 17.9 Å². The van der Waals surface area contributed by atoms with E-state index in [1.165, 1.54) is 12.1 Å². The van der Waals surface area contributed by atoms with Gasteiger partial charge in [-0.25, -0.2) is 18.4 Å². The number of hydrogen-bond donors (Lipinski definition) is 3. The number of carbonyl (C=O) groups is 2. The minimum Gasteiger partial charge on any atom is -0.478 e. The molecule has 0 spiro atoms. The van der Waals surface area contributed by atoms with Crippen molar-refractivity contribution >= 4 is 11.9 Å². The van der Waals surface area contributed by atoms with Crippen molar-refractivity contribution in [2.24, 2.45) is 0 Å². The third-order valence-electron chi connectivity index (χ3n) is 3.60. The van der Waals surface area contributed by atoms with E-state index in [9.17, 15) is 18.4 Å². The molecular weight excluding hydrogens is 386 g/mol. The van der Waals surface area contributed by atoms with Crippen molar-refractivity contribution in [1.29, 1.82) is 0 Å². The van der Waals surface area contributed by atoms with E-state index in [1.54, 1.807) is 29.2 Å². The molecule has 0 aliphatic rings. The van der Waals surface area contributed by atoms with Gasteiger partial charge in [0.05, 0.1) is 18.4 Å². The van der Waals surface area contributed by atoms with Crippen LogP contribution < -0.4 is 0 Å². The lowest BCUT2D eigenvalue weighted by Crippen LogP contribution is -2.06. The number of aliphatic carboxylic acids is 2. The van der Waals surface area contributed by atoms with E-state index in [0.29, 0.717) is 18.7 Å². The SMILES string of the molecule is CC(F)(F)c1cccc(-c2cnn(Cc3ccn[nH]3)c2)c1.O=C(O)/C=C\C(=O)O. The summed E-state index contributed by atoms with van der Waals surface area (Å²) in [7, 11) is 0. The Labute approximate surface area is 164 Å². The smallest absolute Gasteiger partial charge is 0.328 e. The lowest BCUT2D eigenvalue weighted by molar-refractivity contribution is -0.134. The van der Waals surface area contributed by atoms with Crippen molar-refractivity contribution in [3.63, 3.8) is 0 Å². The summed E-state index contributed by atoms with van der Waals surface area (Å²) in [6, 6.07) is 8.22. The molecule has 0 aliphatic carbocycles. The highest BCUT2D eigenvalue weighted by Gasteiger charge is 2.24. The summed E-state index contributed by atoms with van der Waals surface area (Å²) in [6.07, 6.45) is 6.29. The Morgan fingerprint density at radius 3 is 2.41 bits per heavy atom. The predicted molar refractivity (Wildman–Crippen MR) is 99.3 cm³/mol. The van der Waals surface area contributed by atoms with Gasteiger partial charge in [0.25, 0.3) is 5.92 Å². The monoisotopic (exact) mass is 404 g/mol. The summed E-state index contributed by atoms with van der Waals surface area (Å²) in [5, 5.41) is 26.6. The zero-order valence-electron chi connectivity index (χ0n) is 15.3. The van der Waals surface area contributed by atoms with Gasteiger partial charge in [-0.2, -0.15) is 10.2 Å². The number of rotatable bonds is 6. The van der Waals surface area contributed by atoms with Gasteiger partial charge in [0.1, 0.15) is 0 Å². The van der Waals surface area contributed by atoms with Gasteiger partial charge >= 0.3 is 11.9 Å². The highest BCUT2D eigenvalue weighted by atomic mass is 19.3. The van der Waals surface area contributed by atoms with Crippen molar-refractivity contribution < 1.29 is 28.6 Å². The van der Waals surface area contributed by atoms with E-state index in [1.807, 2.05) is 12.3 Å². The molecule has 3 N–H and O–H groups in total. The van der Waals surface area contributed by atoms with Gasteiger partial charge in [-0.15, -0.1) is 0 Å². The first-order chi connectivity index (χ1) is 13.6. The minimum atomic E-state index is -2.85. The number of carboxylic acids is 2. The van der Waals surface area contributed by atoms with Gasteiger partial charge in [0, 0.05) is 42.6 Å². The predicted octanol–water partition coefficient (Wildman–Crippen LogP) is 3.14. The number of nitrogens with one attached hydrogen (secondary N) is 1. The highest BCUT2D eigenvalue weighted by molar-refractivity contribution is 5.89. The fourth-order valence-corrected chi connectivity index (χ4v) is 2.26. The molecule has 8 nitrogen and oxygen atoms in total. The molecule has 0 bridgehead atoms. The van der Waals surface area contributed by atoms with Crippen molar-refractivity contribution in [2.75, 3.05) is 0 Å². The number of aromatic nitrogens is 4. The van der Waals surface area contributed by atoms with Crippen molar-refractivity contribution in [1.82, 2.24) is 20.0 Å². The molecule has 0 saturated carbocycles. The third-order valence-corrected chi connectivity index (χ3v) is 3.60. The van der Waals surface area contributed by atoms with Crippen LogP contribution in [0.1, 0.15) is 18.2 Å². The van der Waals surface area contributed by atoms with Crippen molar-refractivity contribution in [2.45, 2.75) is 19.4 Å². The zero-order chi connectivity index (χ0) is 21.4. The number of benzene rings is 1. The van der Waals surface area contributed by atoms with E-state index in [4.69, 9.17) is 10.2 Å². The standard InChI is InChI=1S/C15H14F2N4.C4H4O4/c1-15(16,17)13-4-2-3-11(7-13)12-8-19-21(9-12)10-14-5-6-18-20-14;5-3(6)1-2-4(7)8/h2-9H,10H2,1H3,(H,18,20);1-2H,(H,5,6)(H,7,8)/b;2-1-. The maximum atomic E-state index is 13.4. The lowest BCUT2D eigenvalue weighted by Gasteiger charge is -2.11. The normalized spacial score (nSPS) is 11.1. The molecule has 0 aliphatic heterocycles. The molecule has 0 amide bonds. The first-order valence-electron chi connectivity index (χ1n) is 8.28. The van der Waals surface area contributed by atoms with Crippen molar-refractivity contribution in [3.8, 4) is 11.1 Å². The molecule has 0 saturated heterocycles. The second kappa shape index (κ2) is 9.40. The molecule has 152 valence electrons. The molecule has 3 aromatic rings. The quantitative estimate of drug-likeness (QED) is 0.543. The average Bonchev–Trinajstić information content (AvgIpc) is 3.32. The Morgan fingerprint density at radius 2 is 1.86 bits per heavy atom. The second-order valence-corrected chi connectivity index (χ2v) is 5.99. The Morgan fingerprint density at radius 1 is 1.17 bits per heavy atom. The van der Waals surface area contributed by atoms with Gasteiger partial charge < -0.3 is 10.2 Å². The number of hydrogen-bond acceptors (Lipinski definition) is 4. The van der Waals surface area contributed by atoms with Crippen LogP contribution in [0.25, 0.3) is 11.1 Å². The Kier molecular flexibility index (Phi) is 6.96. The molecule has 2 heterocycles. The largest absolute Gasteiger partial charge is 0.478 e. The fourth-order valence-electron chi connectivity index (χ4n) is 2.26. The first-order valence-corrected chi connectivity index (χ1v) is 8.28. The van der Waals surface area contributed by atoms with Crippen LogP contribution >= 0.6 is 0 Å². The molecule has 0 fully saturated rings. The molecule has 10 heteroatoms. The second-order valence-electron chi connectivity index (χ2n) is 5.99. The van der Waals surface area contributed by atoms with Gasteiger partial charge in [-0.1, -0.05) is 18.2 Å². The van der Waals surface area contributed by atoms with E-state index in [0.717, 1.165) is 23.7 Å². The molecule has 1 aromatic carbocycles. The number of H-pyrrole nitrogens is 1. The van der Waals surface area contributed by atoms with Crippen LogP contribution in [-0.4, -0.2) is 42.1 Å². The molecule has 29 heavy (non-hydrogen) atoms. The summed E-state index contributed by atoms with van der Waals surface area (Å²) in [4.78, 5) is 19.1. The number of halogens is 2. The topological polar surface area (TPSA) is 121 Å². The Balaban J connectivity index is 0.000000321. The van der Waals surface area contributed by atoms with Crippen LogP contribution in [0, 0.1) is 0 Å². The van der Waals surface area contributed by atoms with Crippen LogP contribution in [0.15, 0.2) is 61.1 Å². The zero-order valence-corrected chi connectivity index (χ0v) is 15.3. The highest BCUT2D eigenvalue weighted by Crippen LogP contribution is 2.30. The van der Waals surface area contributed by atoms with Crippen LogP contribution in [0.5, 0.6) is 0 Å². The summed E-state index contributed by atoms with van der Waals surface area (Å²) in [6.45, 7) is 1.46. The third kappa shape index (κ3) is 7.01. The van der Waals surface area contributed by atoms with E-state index in [2.05, 4.69) is 15.3 Å². The Bertz CT molecular complexity index is 976. The summed E-state index contributed by atoms with van der Waals surface area (Å²) < 4.78 is 28.5. The van der Waals surface area contributed by atoms with Crippen molar-refractivity contribution in [3.05, 3.63) is 72.3 Å². The molecule has 2 aromatic heterocycles. The number of nitrogens with zero attached hydrogens (tertiary/aromatic N) is 3. The maximum absolute atomic E-state index is 13.4. The molecule has 0 unspecified atom stereocenters. The van der Waals surface area contributed by atoms with Crippen LogP contribution in [0.3, 0.4) is 0 Å². The molecule has 0 radical (unpaired) electrons. The lowest BCUT2D eigenvalue weighted by atomic mass is 10.0. The summed E-state index contributed by atoms with van der Waals surface area (Å²) >= 11 is 0. The number of aromatic amines is 1. The number of carboxylic acid groups (broad SMARTS) is 2. The fraction of sp³-hybridized carbons (Fsp3) is 0.158. The average molecular weight is 404 g/mol. The maximum Gasteiger partial charge on any atom is 0.328 e.